The number of rotatable bonds is 4. The van der Waals surface area contributed by atoms with Crippen LogP contribution in [0, 0.1) is 0 Å². The van der Waals surface area contributed by atoms with Crippen molar-refractivity contribution in [3.8, 4) is 5.75 Å². The standard InChI is InChI=1S/C13H18O/c1-3-10-5-6-11(4-2)13(9-10)14-12-7-8-12/h5-6,9,12H,3-4,7-8H2,1-2H3. The van der Waals surface area contributed by atoms with Gasteiger partial charge in [-0.25, -0.2) is 0 Å². The molecule has 0 aliphatic heterocycles. The zero-order chi connectivity index (χ0) is 9.97. The maximum absolute atomic E-state index is 5.89. The van der Waals surface area contributed by atoms with E-state index >= 15 is 0 Å². The van der Waals surface area contributed by atoms with Crippen molar-refractivity contribution in [2.75, 3.05) is 0 Å². The van der Waals surface area contributed by atoms with E-state index in [2.05, 4.69) is 32.0 Å². The summed E-state index contributed by atoms with van der Waals surface area (Å²) in [6, 6.07) is 6.62. The molecule has 1 aliphatic rings. The molecule has 1 aliphatic carbocycles. The predicted molar refractivity (Wildman–Crippen MR) is 58.8 cm³/mol. The molecule has 0 atom stereocenters. The first kappa shape index (κ1) is 9.57. The van der Waals surface area contributed by atoms with Crippen LogP contribution in [0.3, 0.4) is 0 Å². The molecular formula is C13H18O. The van der Waals surface area contributed by atoms with Crippen LogP contribution < -0.4 is 4.74 Å². The highest BCUT2D eigenvalue weighted by atomic mass is 16.5. The van der Waals surface area contributed by atoms with Crippen molar-refractivity contribution >= 4 is 0 Å². The van der Waals surface area contributed by atoms with E-state index in [0.717, 1.165) is 18.6 Å². The normalized spacial score (nSPS) is 15.6. The average Bonchev–Trinajstić information content (AvgIpc) is 3.01. The fraction of sp³-hybridized carbons (Fsp3) is 0.538. The predicted octanol–water partition coefficient (Wildman–Crippen LogP) is 3.35. The van der Waals surface area contributed by atoms with E-state index in [4.69, 9.17) is 4.74 Å². The molecule has 1 aromatic carbocycles. The Morgan fingerprint density at radius 3 is 2.57 bits per heavy atom. The van der Waals surface area contributed by atoms with Crippen LogP contribution >= 0.6 is 0 Å². The van der Waals surface area contributed by atoms with Crippen LogP contribution in [0.1, 0.15) is 37.8 Å². The molecule has 2 rings (SSSR count). The second-order valence-corrected chi connectivity index (χ2v) is 3.97. The average molecular weight is 190 g/mol. The third-order valence-electron chi connectivity index (χ3n) is 2.74. The lowest BCUT2D eigenvalue weighted by Gasteiger charge is -2.10. The summed E-state index contributed by atoms with van der Waals surface area (Å²) < 4.78 is 5.89. The second kappa shape index (κ2) is 4.04. The Kier molecular flexibility index (Phi) is 2.76. The van der Waals surface area contributed by atoms with Crippen LogP contribution in [0.2, 0.25) is 0 Å². The lowest BCUT2D eigenvalue weighted by molar-refractivity contribution is 0.300. The van der Waals surface area contributed by atoms with E-state index in [1.807, 2.05) is 0 Å². The number of hydrogen-bond acceptors (Lipinski definition) is 1. The summed E-state index contributed by atoms with van der Waals surface area (Å²) in [6.07, 6.45) is 5.13. The van der Waals surface area contributed by atoms with Crippen LogP contribution in [0.15, 0.2) is 18.2 Å². The Morgan fingerprint density at radius 1 is 1.21 bits per heavy atom. The number of ether oxygens (including phenoxy) is 1. The van der Waals surface area contributed by atoms with Crippen LogP contribution in [0.25, 0.3) is 0 Å². The van der Waals surface area contributed by atoms with Crippen LogP contribution in [0.4, 0.5) is 0 Å². The van der Waals surface area contributed by atoms with Gasteiger partial charge in [0.05, 0.1) is 6.10 Å². The van der Waals surface area contributed by atoms with Crippen molar-refractivity contribution in [2.24, 2.45) is 0 Å². The van der Waals surface area contributed by atoms with Crippen molar-refractivity contribution in [3.63, 3.8) is 0 Å². The van der Waals surface area contributed by atoms with Gasteiger partial charge in [-0.3, -0.25) is 0 Å². The molecule has 1 nitrogen and oxygen atoms in total. The van der Waals surface area contributed by atoms with E-state index in [-0.39, 0.29) is 0 Å². The molecular weight excluding hydrogens is 172 g/mol. The van der Waals surface area contributed by atoms with Gasteiger partial charge in [-0.2, -0.15) is 0 Å². The molecule has 76 valence electrons. The summed E-state index contributed by atoms with van der Waals surface area (Å²) in [5.74, 6) is 1.12. The van der Waals surface area contributed by atoms with Crippen LogP contribution in [0.5, 0.6) is 5.75 Å². The zero-order valence-electron chi connectivity index (χ0n) is 9.05. The maximum atomic E-state index is 5.89. The highest BCUT2D eigenvalue weighted by molar-refractivity contribution is 5.38. The SMILES string of the molecule is CCc1ccc(CC)c(OC2CC2)c1. The van der Waals surface area contributed by atoms with E-state index < -0.39 is 0 Å². The summed E-state index contributed by atoms with van der Waals surface area (Å²) in [7, 11) is 0. The van der Waals surface area contributed by atoms with Crippen molar-refractivity contribution in [2.45, 2.75) is 45.6 Å². The van der Waals surface area contributed by atoms with Gasteiger partial charge >= 0.3 is 0 Å². The molecule has 0 amide bonds. The van der Waals surface area contributed by atoms with Gasteiger partial charge in [-0.1, -0.05) is 26.0 Å². The molecule has 0 radical (unpaired) electrons. The topological polar surface area (TPSA) is 9.23 Å². The molecule has 1 saturated carbocycles. The number of hydrogen-bond donors (Lipinski definition) is 0. The smallest absolute Gasteiger partial charge is 0.123 e. The van der Waals surface area contributed by atoms with Crippen LogP contribution in [-0.2, 0) is 12.8 Å². The number of benzene rings is 1. The van der Waals surface area contributed by atoms with Gasteiger partial charge in [-0.15, -0.1) is 0 Å². The lowest BCUT2D eigenvalue weighted by Crippen LogP contribution is -2.00. The molecule has 1 fully saturated rings. The first-order valence-corrected chi connectivity index (χ1v) is 5.62. The Labute approximate surface area is 86.1 Å². The third-order valence-corrected chi connectivity index (χ3v) is 2.74. The van der Waals surface area contributed by atoms with Gasteiger partial charge in [0.2, 0.25) is 0 Å². The van der Waals surface area contributed by atoms with Gasteiger partial charge in [-0.05, 0) is 42.9 Å². The molecule has 0 heterocycles. The summed E-state index contributed by atoms with van der Waals surface area (Å²) >= 11 is 0. The molecule has 0 unspecified atom stereocenters. The fourth-order valence-corrected chi connectivity index (χ4v) is 1.59. The van der Waals surface area contributed by atoms with Gasteiger partial charge < -0.3 is 4.74 Å². The summed E-state index contributed by atoms with van der Waals surface area (Å²) in [5, 5.41) is 0. The maximum Gasteiger partial charge on any atom is 0.123 e. The first-order chi connectivity index (χ1) is 6.83. The van der Waals surface area contributed by atoms with Crippen molar-refractivity contribution in [3.05, 3.63) is 29.3 Å². The summed E-state index contributed by atoms with van der Waals surface area (Å²) in [6.45, 7) is 4.36. The third kappa shape index (κ3) is 2.09. The van der Waals surface area contributed by atoms with E-state index in [1.54, 1.807) is 0 Å². The Hall–Kier alpha value is -0.980. The van der Waals surface area contributed by atoms with Gasteiger partial charge in [0.1, 0.15) is 5.75 Å². The minimum absolute atomic E-state index is 0.507. The van der Waals surface area contributed by atoms with E-state index in [9.17, 15) is 0 Å². The van der Waals surface area contributed by atoms with Crippen molar-refractivity contribution in [1.82, 2.24) is 0 Å². The van der Waals surface area contributed by atoms with Gasteiger partial charge in [0, 0.05) is 0 Å². The van der Waals surface area contributed by atoms with E-state index in [1.165, 1.54) is 24.0 Å². The first-order valence-electron chi connectivity index (χ1n) is 5.62. The molecule has 0 aromatic heterocycles. The Morgan fingerprint density at radius 2 is 2.00 bits per heavy atom. The van der Waals surface area contributed by atoms with Crippen LogP contribution in [-0.4, -0.2) is 6.10 Å². The molecule has 0 spiro atoms. The molecule has 1 aromatic rings. The van der Waals surface area contributed by atoms with Gasteiger partial charge in [0.25, 0.3) is 0 Å². The largest absolute Gasteiger partial charge is 0.490 e. The summed E-state index contributed by atoms with van der Waals surface area (Å²) in [5.41, 5.74) is 2.71. The van der Waals surface area contributed by atoms with Crippen molar-refractivity contribution in [1.29, 1.82) is 0 Å². The highest BCUT2D eigenvalue weighted by Gasteiger charge is 2.24. The molecule has 1 heteroatoms. The van der Waals surface area contributed by atoms with E-state index in [0.29, 0.717) is 6.10 Å². The fourth-order valence-electron chi connectivity index (χ4n) is 1.59. The Bertz CT molecular complexity index is 313. The molecule has 0 saturated heterocycles. The summed E-state index contributed by atoms with van der Waals surface area (Å²) in [4.78, 5) is 0. The minimum Gasteiger partial charge on any atom is -0.490 e. The van der Waals surface area contributed by atoms with Gasteiger partial charge in [0.15, 0.2) is 0 Å². The molecule has 0 N–H and O–H groups in total. The quantitative estimate of drug-likeness (QED) is 0.707. The minimum atomic E-state index is 0.507. The Balaban J connectivity index is 2.21. The number of aryl methyl sites for hydroxylation is 2. The van der Waals surface area contributed by atoms with Crippen molar-refractivity contribution < 1.29 is 4.74 Å². The zero-order valence-corrected chi connectivity index (χ0v) is 9.05. The lowest BCUT2D eigenvalue weighted by atomic mass is 10.1. The molecule has 14 heavy (non-hydrogen) atoms. The molecule has 0 bridgehead atoms. The highest BCUT2D eigenvalue weighted by Crippen LogP contribution is 2.30. The monoisotopic (exact) mass is 190 g/mol. The second-order valence-electron chi connectivity index (χ2n) is 3.97.